The Kier molecular flexibility index (Phi) is 5.20. The van der Waals surface area contributed by atoms with Gasteiger partial charge >= 0.3 is 0 Å². The highest BCUT2D eigenvalue weighted by Gasteiger charge is 2.06. The van der Waals surface area contributed by atoms with Crippen molar-refractivity contribution < 1.29 is 13.9 Å². The van der Waals surface area contributed by atoms with Crippen LogP contribution in [0.15, 0.2) is 53.9 Å². The average Bonchev–Trinajstić information content (AvgIpc) is 3.04. The molecular formula is C17H15FN4O2S. The molecule has 0 saturated carbocycles. The fourth-order valence-corrected chi connectivity index (χ4v) is 2.23. The maximum Gasteiger partial charge on any atom is 0.216 e. The first kappa shape index (κ1) is 16.8. The van der Waals surface area contributed by atoms with E-state index in [1.807, 2.05) is 6.07 Å². The molecule has 2 aromatic carbocycles. The van der Waals surface area contributed by atoms with Gasteiger partial charge in [0.15, 0.2) is 11.5 Å². The minimum Gasteiger partial charge on any atom is -0.493 e. The summed E-state index contributed by atoms with van der Waals surface area (Å²) in [5.74, 6) is 0.883. The fraction of sp³-hybridized carbons (Fsp3) is 0.118. The van der Waals surface area contributed by atoms with Crippen molar-refractivity contribution in [3.8, 4) is 11.5 Å². The molecule has 0 spiro atoms. The minimum atomic E-state index is -0.275. The zero-order valence-corrected chi connectivity index (χ0v) is 14.2. The second-order valence-electron chi connectivity index (χ2n) is 5.08. The number of benzene rings is 2. The van der Waals surface area contributed by atoms with Crippen LogP contribution in [0.25, 0.3) is 0 Å². The number of nitrogens with one attached hydrogen (secondary N) is 1. The molecule has 8 heteroatoms. The third-order valence-corrected chi connectivity index (χ3v) is 3.64. The number of rotatable bonds is 6. The molecule has 0 radical (unpaired) electrons. The topological polar surface area (TPSA) is 64.4 Å². The maximum atomic E-state index is 12.9. The highest BCUT2D eigenvalue weighted by atomic mass is 32.1. The van der Waals surface area contributed by atoms with E-state index in [1.165, 1.54) is 23.1 Å². The average molecular weight is 358 g/mol. The molecule has 0 atom stereocenters. The van der Waals surface area contributed by atoms with Crippen molar-refractivity contribution in [2.45, 2.75) is 6.61 Å². The first-order valence-electron chi connectivity index (χ1n) is 7.37. The Labute approximate surface area is 148 Å². The Hall–Kier alpha value is -3.00. The number of nitrogens with zero attached hydrogens (tertiary/aromatic N) is 3. The van der Waals surface area contributed by atoms with Gasteiger partial charge < -0.3 is 9.47 Å². The molecule has 0 aliphatic carbocycles. The van der Waals surface area contributed by atoms with E-state index < -0.39 is 0 Å². The molecule has 0 saturated heterocycles. The van der Waals surface area contributed by atoms with Crippen LogP contribution in [-0.2, 0) is 6.61 Å². The molecule has 0 fully saturated rings. The summed E-state index contributed by atoms with van der Waals surface area (Å²) in [7, 11) is 1.56. The number of aromatic nitrogens is 3. The Bertz CT molecular complexity index is 934. The van der Waals surface area contributed by atoms with Crippen LogP contribution in [0.4, 0.5) is 4.39 Å². The van der Waals surface area contributed by atoms with Gasteiger partial charge in [-0.05, 0) is 53.7 Å². The van der Waals surface area contributed by atoms with Crippen LogP contribution in [0, 0.1) is 10.6 Å². The summed E-state index contributed by atoms with van der Waals surface area (Å²) >= 11 is 5.02. The molecular weight excluding hydrogens is 343 g/mol. The second kappa shape index (κ2) is 7.71. The third-order valence-electron chi connectivity index (χ3n) is 3.36. The van der Waals surface area contributed by atoms with Gasteiger partial charge in [-0.1, -0.05) is 12.1 Å². The van der Waals surface area contributed by atoms with E-state index in [-0.39, 0.29) is 5.82 Å². The number of halogens is 1. The van der Waals surface area contributed by atoms with Crippen LogP contribution in [0.3, 0.4) is 0 Å². The zero-order chi connectivity index (χ0) is 17.6. The van der Waals surface area contributed by atoms with Crippen molar-refractivity contribution >= 4 is 18.4 Å². The van der Waals surface area contributed by atoms with Gasteiger partial charge in [0.1, 0.15) is 18.8 Å². The molecule has 1 heterocycles. The summed E-state index contributed by atoms with van der Waals surface area (Å²) in [5, 5.41) is 10.6. The van der Waals surface area contributed by atoms with Crippen LogP contribution in [-0.4, -0.2) is 28.2 Å². The smallest absolute Gasteiger partial charge is 0.216 e. The molecule has 0 unspecified atom stereocenters. The summed E-state index contributed by atoms with van der Waals surface area (Å²) in [6.45, 7) is 0.314. The maximum absolute atomic E-state index is 12.9. The fourth-order valence-electron chi connectivity index (χ4n) is 2.08. The lowest BCUT2D eigenvalue weighted by atomic mass is 10.2. The SMILES string of the molecule is COc1cc(/C=N/n2cn[nH]c2=S)ccc1OCc1ccc(F)cc1. The van der Waals surface area contributed by atoms with E-state index in [2.05, 4.69) is 15.3 Å². The van der Waals surface area contributed by atoms with Gasteiger partial charge in [0.05, 0.1) is 13.3 Å². The number of methoxy groups -OCH3 is 1. The Morgan fingerprint density at radius 2 is 2.04 bits per heavy atom. The molecule has 1 aromatic heterocycles. The lowest BCUT2D eigenvalue weighted by Crippen LogP contribution is -1.99. The quantitative estimate of drug-likeness (QED) is 0.541. The number of ether oxygens (including phenoxy) is 2. The van der Waals surface area contributed by atoms with Gasteiger partial charge in [-0.2, -0.15) is 14.9 Å². The first-order chi connectivity index (χ1) is 12.2. The van der Waals surface area contributed by atoms with Gasteiger partial charge in [0.2, 0.25) is 4.77 Å². The van der Waals surface area contributed by atoms with E-state index >= 15 is 0 Å². The summed E-state index contributed by atoms with van der Waals surface area (Å²) < 4.78 is 25.9. The van der Waals surface area contributed by atoms with Gasteiger partial charge in [-0.25, -0.2) is 4.39 Å². The molecule has 0 aliphatic rings. The van der Waals surface area contributed by atoms with Crippen LogP contribution in [0.2, 0.25) is 0 Å². The normalized spacial score (nSPS) is 11.0. The van der Waals surface area contributed by atoms with Crippen molar-refractivity contribution in [3.63, 3.8) is 0 Å². The molecule has 0 amide bonds. The van der Waals surface area contributed by atoms with E-state index in [1.54, 1.807) is 37.6 Å². The van der Waals surface area contributed by atoms with Gasteiger partial charge in [-0.15, -0.1) is 0 Å². The number of hydrogen-bond donors (Lipinski definition) is 1. The van der Waals surface area contributed by atoms with Crippen LogP contribution in [0.5, 0.6) is 11.5 Å². The standard InChI is InChI=1S/C17H15FN4O2S/c1-23-16-8-13(9-20-22-11-19-21-17(22)25)4-7-15(16)24-10-12-2-5-14(18)6-3-12/h2-9,11H,10H2,1H3,(H,21,25)/b20-9+. The lowest BCUT2D eigenvalue weighted by Gasteiger charge is -2.11. The van der Waals surface area contributed by atoms with Gasteiger partial charge in [0.25, 0.3) is 0 Å². The van der Waals surface area contributed by atoms with Crippen molar-refractivity contribution in [2.75, 3.05) is 7.11 Å². The predicted octanol–water partition coefficient (Wildman–Crippen LogP) is 3.55. The Morgan fingerprint density at radius 3 is 2.72 bits per heavy atom. The minimum absolute atomic E-state index is 0.275. The van der Waals surface area contributed by atoms with Gasteiger partial charge in [0, 0.05) is 0 Å². The van der Waals surface area contributed by atoms with Crippen molar-refractivity contribution in [1.82, 2.24) is 14.9 Å². The van der Waals surface area contributed by atoms with Gasteiger partial charge in [-0.3, -0.25) is 5.10 Å². The first-order valence-corrected chi connectivity index (χ1v) is 7.78. The molecule has 3 aromatic rings. The van der Waals surface area contributed by atoms with E-state index in [4.69, 9.17) is 21.7 Å². The lowest BCUT2D eigenvalue weighted by molar-refractivity contribution is 0.284. The molecule has 6 nitrogen and oxygen atoms in total. The van der Waals surface area contributed by atoms with Crippen molar-refractivity contribution in [3.05, 3.63) is 70.5 Å². The monoisotopic (exact) mass is 358 g/mol. The van der Waals surface area contributed by atoms with Crippen molar-refractivity contribution in [2.24, 2.45) is 5.10 Å². The molecule has 25 heavy (non-hydrogen) atoms. The number of H-pyrrole nitrogens is 1. The molecule has 0 aliphatic heterocycles. The zero-order valence-electron chi connectivity index (χ0n) is 13.3. The van der Waals surface area contributed by atoms with Crippen molar-refractivity contribution in [1.29, 1.82) is 0 Å². The molecule has 3 rings (SSSR count). The molecule has 1 N–H and O–H groups in total. The van der Waals surface area contributed by atoms with E-state index in [0.717, 1.165) is 11.1 Å². The number of hydrogen-bond acceptors (Lipinski definition) is 5. The second-order valence-corrected chi connectivity index (χ2v) is 5.46. The summed E-state index contributed by atoms with van der Waals surface area (Å²) in [6.07, 6.45) is 3.12. The van der Waals surface area contributed by atoms with E-state index in [9.17, 15) is 4.39 Å². The third kappa shape index (κ3) is 4.30. The molecule has 128 valence electrons. The highest BCUT2D eigenvalue weighted by molar-refractivity contribution is 7.71. The summed E-state index contributed by atoms with van der Waals surface area (Å²) in [6, 6.07) is 11.6. The van der Waals surface area contributed by atoms with Crippen LogP contribution in [0.1, 0.15) is 11.1 Å². The Morgan fingerprint density at radius 1 is 1.24 bits per heavy atom. The highest BCUT2D eigenvalue weighted by Crippen LogP contribution is 2.28. The van der Waals surface area contributed by atoms with E-state index in [0.29, 0.717) is 22.9 Å². The van der Waals surface area contributed by atoms with Crippen LogP contribution >= 0.6 is 12.2 Å². The Balaban J connectivity index is 1.73. The predicted molar refractivity (Wildman–Crippen MR) is 94.1 cm³/mol. The summed E-state index contributed by atoms with van der Waals surface area (Å²) in [4.78, 5) is 0. The summed E-state index contributed by atoms with van der Waals surface area (Å²) in [5.41, 5.74) is 1.68. The largest absolute Gasteiger partial charge is 0.493 e. The van der Waals surface area contributed by atoms with Crippen LogP contribution < -0.4 is 9.47 Å². The molecule has 0 bridgehead atoms. The number of aromatic amines is 1.